The van der Waals surface area contributed by atoms with Crippen molar-refractivity contribution in [1.29, 1.82) is 0 Å². The largest absolute Gasteiger partial charge is 0.269 e. The topological polar surface area (TPSA) is 89.3 Å². The maximum atomic E-state index is 12.3. The van der Waals surface area contributed by atoms with Crippen LogP contribution in [0.5, 0.6) is 0 Å². The summed E-state index contributed by atoms with van der Waals surface area (Å²) in [5.74, 6) is -0.220. The molecule has 2 aromatic carbocycles. The van der Waals surface area contributed by atoms with Crippen LogP contribution in [0.4, 0.5) is 5.69 Å². The zero-order chi connectivity index (χ0) is 17.7. The Morgan fingerprint density at radius 3 is 2.08 bits per heavy atom. The number of benzene rings is 2. The number of aryl methyl sites for hydroxylation is 1. The molecule has 6 nitrogen and oxygen atoms in total. The van der Waals surface area contributed by atoms with Crippen molar-refractivity contribution in [3.63, 3.8) is 0 Å². The Morgan fingerprint density at radius 1 is 1.04 bits per heavy atom. The standard InChI is InChI=1S/C17H20N2O4S/c1-3-14-4-8-16(9-5-14)13(2)18-24(22,23)12-15-6-10-17(11-7-15)19(20)21/h4-11,13,18H,3,12H2,1-2H3. The molecule has 0 radical (unpaired) electrons. The van der Waals surface area contributed by atoms with Gasteiger partial charge in [0, 0.05) is 18.2 Å². The van der Waals surface area contributed by atoms with E-state index in [2.05, 4.69) is 11.6 Å². The van der Waals surface area contributed by atoms with Crippen LogP contribution in [-0.4, -0.2) is 13.3 Å². The fourth-order valence-corrected chi connectivity index (χ4v) is 3.74. The molecular formula is C17H20N2O4S. The second-order valence-corrected chi connectivity index (χ2v) is 7.37. The van der Waals surface area contributed by atoms with Crippen LogP contribution in [0.2, 0.25) is 0 Å². The molecule has 2 aromatic rings. The van der Waals surface area contributed by atoms with Crippen molar-refractivity contribution >= 4 is 15.7 Å². The van der Waals surface area contributed by atoms with E-state index >= 15 is 0 Å². The summed E-state index contributed by atoms with van der Waals surface area (Å²) < 4.78 is 27.2. The predicted molar refractivity (Wildman–Crippen MR) is 93.1 cm³/mol. The summed E-state index contributed by atoms with van der Waals surface area (Å²) in [6.45, 7) is 3.85. The molecule has 128 valence electrons. The molecule has 1 atom stereocenters. The van der Waals surface area contributed by atoms with Crippen molar-refractivity contribution in [2.75, 3.05) is 0 Å². The monoisotopic (exact) mass is 348 g/mol. The first-order valence-corrected chi connectivity index (χ1v) is 9.28. The van der Waals surface area contributed by atoms with Gasteiger partial charge in [0.15, 0.2) is 0 Å². The van der Waals surface area contributed by atoms with E-state index in [-0.39, 0.29) is 17.5 Å². The summed E-state index contributed by atoms with van der Waals surface area (Å²) in [4.78, 5) is 10.1. The fourth-order valence-electron chi connectivity index (χ4n) is 2.35. The number of nitrogens with zero attached hydrogens (tertiary/aromatic N) is 1. The number of hydrogen-bond acceptors (Lipinski definition) is 4. The van der Waals surface area contributed by atoms with E-state index in [1.807, 2.05) is 24.3 Å². The lowest BCUT2D eigenvalue weighted by molar-refractivity contribution is -0.384. The Labute approximate surface area is 141 Å². The molecule has 0 aliphatic rings. The minimum atomic E-state index is -3.55. The van der Waals surface area contributed by atoms with Crippen LogP contribution in [0.3, 0.4) is 0 Å². The molecule has 0 aliphatic heterocycles. The first-order valence-electron chi connectivity index (χ1n) is 7.63. The number of rotatable bonds is 7. The van der Waals surface area contributed by atoms with Gasteiger partial charge >= 0.3 is 0 Å². The molecule has 1 N–H and O–H groups in total. The van der Waals surface area contributed by atoms with Gasteiger partial charge in [0.05, 0.1) is 10.7 Å². The van der Waals surface area contributed by atoms with Crippen molar-refractivity contribution in [2.24, 2.45) is 0 Å². The maximum absolute atomic E-state index is 12.3. The summed E-state index contributed by atoms with van der Waals surface area (Å²) >= 11 is 0. The molecule has 7 heteroatoms. The second kappa shape index (κ2) is 7.55. The highest BCUT2D eigenvalue weighted by Crippen LogP contribution is 2.17. The van der Waals surface area contributed by atoms with E-state index in [9.17, 15) is 18.5 Å². The Hall–Kier alpha value is -2.25. The van der Waals surface area contributed by atoms with E-state index in [4.69, 9.17) is 0 Å². The highest BCUT2D eigenvalue weighted by Gasteiger charge is 2.17. The summed E-state index contributed by atoms with van der Waals surface area (Å²) in [5.41, 5.74) is 2.52. The Kier molecular flexibility index (Phi) is 5.69. The van der Waals surface area contributed by atoms with Crippen molar-refractivity contribution in [1.82, 2.24) is 4.72 Å². The lowest BCUT2D eigenvalue weighted by Gasteiger charge is -2.15. The van der Waals surface area contributed by atoms with Crippen LogP contribution in [-0.2, 0) is 22.2 Å². The van der Waals surface area contributed by atoms with E-state index in [1.54, 1.807) is 6.92 Å². The van der Waals surface area contributed by atoms with E-state index in [1.165, 1.54) is 29.8 Å². The van der Waals surface area contributed by atoms with Crippen LogP contribution < -0.4 is 4.72 Å². The van der Waals surface area contributed by atoms with Crippen LogP contribution in [0.15, 0.2) is 48.5 Å². The summed E-state index contributed by atoms with van der Waals surface area (Å²) in [6.07, 6.45) is 0.931. The quantitative estimate of drug-likeness (QED) is 0.614. The van der Waals surface area contributed by atoms with Gasteiger partial charge in [-0.15, -0.1) is 0 Å². The predicted octanol–water partition coefficient (Wildman–Crippen LogP) is 3.34. The molecule has 0 heterocycles. The third kappa shape index (κ3) is 4.87. The Morgan fingerprint density at radius 2 is 1.58 bits per heavy atom. The van der Waals surface area contributed by atoms with Crippen molar-refractivity contribution < 1.29 is 13.3 Å². The lowest BCUT2D eigenvalue weighted by atomic mass is 10.1. The summed E-state index contributed by atoms with van der Waals surface area (Å²) in [6, 6.07) is 13.0. The minimum absolute atomic E-state index is 0.0616. The van der Waals surface area contributed by atoms with Gasteiger partial charge in [0.2, 0.25) is 10.0 Å². The number of hydrogen-bond donors (Lipinski definition) is 1. The third-order valence-electron chi connectivity index (χ3n) is 3.75. The minimum Gasteiger partial charge on any atom is -0.258 e. The van der Waals surface area contributed by atoms with E-state index in [0.717, 1.165) is 12.0 Å². The number of nitro groups is 1. The van der Waals surface area contributed by atoms with Gasteiger partial charge in [-0.25, -0.2) is 13.1 Å². The van der Waals surface area contributed by atoms with Crippen molar-refractivity contribution in [3.8, 4) is 0 Å². The average Bonchev–Trinajstić information content (AvgIpc) is 2.54. The average molecular weight is 348 g/mol. The zero-order valence-corrected chi connectivity index (χ0v) is 14.4. The van der Waals surface area contributed by atoms with E-state index < -0.39 is 14.9 Å². The van der Waals surface area contributed by atoms with Gasteiger partial charge in [-0.3, -0.25) is 10.1 Å². The highest BCUT2D eigenvalue weighted by molar-refractivity contribution is 7.88. The maximum Gasteiger partial charge on any atom is 0.269 e. The van der Waals surface area contributed by atoms with E-state index in [0.29, 0.717) is 5.56 Å². The molecule has 0 bridgehead atoms. The molecule has 0 saturated carbocycles. The molecule has 0 aromatic heterocycles. The Balaban J connectivity index is 2.05. The molecule has 0 fully saturated rings. The molecule has 1 unspecified atom stereocenters. The van der Waals surface area contributed by atoms with Gasteiger partial charge in [0.25, 0.3) is 5.69 Å². The van der Waals surface area contributed by atoms with Gasteiger partial charge in [-0.05, 0) is 30.0 Å². The number of nitrogens with one attached hydrogen (secondary N) is 1. The molecule has 0 spiro atoms. The van der Waals surface area contributed by atoms with Crippen molar-refractivity contribution in [2.45, 2.75) is 32.1 Å². The lowest BCUT2D eigenvalue weighted by Crippen LogP contribution is -2.28. The SMILES string of the molecule is CCc1ccc(C(C)NS(=O)(=O)Cc2ccc([N+](=O)[O-])cc2)cc1. The Bertz CT molecular complexity index is 799. The van der Waals surface area contributed by atoms with Gasteiger partial charge < -0.3 is 0 Å². The van der Waals surface area contributed by atoms with Gasteiger partial charge in [0.1, 0.15) is 0 Å². The first-order chi connectivity index (χ1) is 11.3. The summed E-state index contributed by atoms with van der Waals surface area (Å²) in [5, 5.41) is 10.6. The number of sulfonamides is 1. The van der Waals surface area contributed by atoms with Gasteiger partial charge in [-0.1, -0.05) is 43.3 Å². The van der Waals surface area contributed by atoms with Crippen molar-refractivity contribution in [3.05, 3.63) is 75.3 Å². The number of non-ortho nitro benzene ring substituents is 1. The summed E-state index contributed by atoms with van der Waals surface area (Å²) in [7, 11) is -3.55. The normalized spacial score (nSPS) is 12.8. The third-order valence-corrected chi connectivity index (χ3v) is 5.17. The molecule has 0 amide bonds. The zero-order valence-electron chi connectivity index (χ0n) is 13.6. The second-order valence-electron chi connectivity index (χ2n) is 5.62. The first kappa shape index (κ1) is 18.1. The molecule has 0 aliphatic carbocycles. The number of nitro benzene ring substituents is 1. The van der Waals surface area contributed by atoms with Gasteiger partial charge in [-0.2, -0.15) is 0 Å². The molecule has 0 saturated heterocycles. The highest BCUT2D eigenvalue weighted by atomic mass is 32.2. The van der Waals surface area contributed by atoms with Crippen LogP contribution in [0, 0.1) is 10.1 Å². The fraction of sp³-hybridized carbons (Fsp3) is 0.294. The van der Waals surface area contributed by atoms with Crippen LogP contribution in [0.1, 0.15) is 36.6 Å². The molecule has 2 rings (SSSR count). The van der Waals surface area contributed by atoms with Crippen LogP contribution >= 0.6 is 0 Å². The smallest absolute Gasteiger partial charge is 0.258 e. The molecular weight excluding hydrogens is 328 g/mol. The van der Waals surface area contributed by atoms with Crippen LogP contribution in [0.25, 0.3) is 0 Å². The molecule has 24 heavy (non-hydrogen) atoms.